The van der Waals surface area contributed by atoms with Crippen molar-refractivity contribution in [3.8, 4) is 0 Å². The third kappa shape index (κ3) is 3.20. The van der Waals surface area contributed by atoms with E-state index in [9.17, 15) is 4.79 Å². The van der Waals surface area contributed by atoms with Crippen molar-refractivity contribution >= 4 is 5.91 Å². The average Bonchev–Trinajstić information content (AvgIpc) is 2.74. The fourth-order valence-electron chi connectivity index (χ4n) is 2.42. The van der Waals surface area contributed by atoms with Crippen LogP contribution in [0.1, 0.15) is 51.9 Å². The van der Waals surface area contributed by atoms with E-state index in [0.29, 0.717) is 6.54 Å². The summed E-state index contributed by atoms with van der Waals surface area (Å²) in [5.74, 6) is 0.237. The number of aliphatic hydroxyl groups is 1. The van der Waals surface area contributed by atoms with Crippen LogP contribution in [0, 0.1) is 5.41 Å². The van der Waals surface area contributed by atoms with Crippen molar-refractivity contribution in [3.63, 3.8) is 0 Å². The number of nitrogens with one attached hydrogen (secondary N) is 1. The molecule has 0 bridgehead atoms. The number of aliphatic hydroxyl groups excluding tert-OH is 1. The molecule has 1 rings (SSSR count). The van der Waals surface area contributed by atoms with Crippen molar-refractivity contribution in [2.75, 3.05) is 13.2 Å². The van der Waals surface area contributed by atoms with Gasteiger partial charge in [0.25, 0.3) is 0 Å². The smallest absolute Gasteiger partial charge is 0.226 e. The van der Waals surface area contributed by atoms with Gasteiger partial charge in [-0.05, 0) is 32.1 Å². The summed E-state index contributed by atoms with van der Waals surface area (Å²) in [5, 5.41) is 11.6. The molecule has 0 aromatic carbocycles. The lowest BCUT2D eigenvalue weighted by molar-refractivity contribution is -0.131. The summed E-state index contributed by atoms with van der Waals surface area (Å²) in [6.07, 6.45) is 7.10. The van der Waals surface area contributed by atoms with Crippen LogP contribution in [0.15, 0.2) is 0 Å². The van der Waals surface area contributed by atoms with E-state index in [-0.39, 0.29) is 17.9 Å². The summed E-state index contributed by atoms with van der Waals surface area (Å²) < 4.78 is 0. The van der Waals surface area contributed by atoms with Gasteiger partial charge in [0, 0.05) is 18.6 Å². The highest BCUT2D eigenvalue weighted by Crippen LogP contribution is 2.40. The molecule has 0 spiro atoms. The quantitative estimate of drug-likeness (QED) is 0.661. The lowest BCUT2D eigenvalue weighted by Crippen LogP contribution is -2.39. The van der Waals surface area contributed by atoms with Gasteiger partial charge in [0.2, 0.25) is 5.91 Å². The second-order valence-corrected chi connectivity index (χ2v) is 4.53. The number of hydrogen-bond acceptors (Lipinski definition) is 2. The van der Waals surface area contributed by atoms with Gasteiger partial charge in [0.1, 0.15) is 0 Å². The van der Waals surface area contributed by atoms with E-state index in [0.717, 1.165) is 32.1 Å². The van der Waals surface area contributed by atoms with E-state index in [1.807, 2.05) is 0 Å². The first-order valence-electron chi connectivity index (χ1n) is 6.14. The summed E-state index contributed by atoms with van der Waals surface area (Å²) in [5.41, 5.74) is -0.0702. The molecule has 88 valence electrons. The molecule has 3 heteroatoms. The second kappa shape index (κ2) is 6.11. The molecule has 1 aliphatic carbocycles. The first-order chi connectivity index (χ1) is 7.25. The normalized spacial score (nSPS) is 19.1. The molecule has 0 unspecified atom stereocenters. The molecule has 1 amide bonds. The molecule has 1 aliphatic rings. The molecule has 1 saturated carbocycles. The van der Waals surface area contributed by atoms with Crippen LogP contribution in [0.4, 0.5) is 0 Å². The van der Waals surface area contributed by atoms with Crippen molar-refractivity contribution in [2.24, 2.45) is 5.41 Å². The summed E-state index contributed by atoms with van der Waals surface area (Å²) >= 11 is 0. The van der Waals surface area contributed by atoms with Gasteiger partial charge in [-0.25, -0.2) is 0 Å². The highest BCUT2D eigenvalue weighted by atomic mass is 16.2. The van der Waals surface area contributed by atoms with Gasteiger partial charge >= 0.3 is 0 Å². The van der Waals surface area contributed by atoms with Gasteiger partial charge in [-0.2, -0.15) is 0 Å². The van der Waals surface area contributed by atoms with Crippen LogP contribution < -0.4 is 5.32 Å². The Balaban J connectivity index is 2.31. The largest absolute Gasteiger partial charge is 0.396 e. The van der Waals surface area contributed by atoms with Gasteiger partial charge in [-0.15, -0.1) is 0 Å². The van der Waals surface area contributed by atoms with Crippen molar-refractivity contribution in [1.82, 2.24) is 5.32 Å². The maximum Gasteiger partial charge on any atom is 0.226 e. The van der Waals surface area contributed by atoms with Crippen molar-refractivity contribution < 1.29 is 9.90 Å². The van der Waals surface area contributed by atoms with Crippen molar-refractivity contribution in [1.29, 1.82) is 0 Å². The molecule has 15 heavy (non-hydrogen) atoms. The Kier molecular flexibility index (Phi) is 5.09. The third-order valence-electron chi connectivity index (χ3n) is 3.59. The molecule has 2 N–H and O–H groups in total. The zero-order valence-electron chi connectivity index (χ0n) is 9.72. The molecule has 3 nitrogen and oxygen atoms in total. The Labute approximate surface area is 92.3 Å². The van der Waals surface area contributed by atoms with Crippen LogP contribution in [0.3, 0.4) is 0 Å². The van der Waals surface area contributed by atoms with Gasteiger partial charge in [0.05, 0.1) is 0 Å². The maximum atomic E-state index is 12.0. The van der Waals surface area contributed by atoms with E-state index >= 15 is 0 Å². The average molecular weight is 213 g/mol. The molecule has 0 aromatic heterocycles. The Bertz CT molecular complexity index is 198. The highest BCUT2D eigenvalue weighted by molar-refractivity contribution is 5.82. The van der Waals surface area contributed by atoms with Crippen LogP contribution in [-0.4, -0.2) is 24.2 Å². The minimum absolute atomic E-state index is 0.0702. The second-order valence-electron chi connectivity index (χ2n) is 4.53. The molecular weight excluding hydrogens is 190 g/mol. The number of carbonyl (C=O) groups excluding carboxylic acids is 1. The number of unbranched alkanes of at least 4 members (excludes halogenated alkanes) is 1. The van der Waals surface area contributed by atoms with Crippen molar-refractivity contribution in [3.05, 3.63) is 0 Å². The first kappa shape index (κ1) is 12.5. The SMILES string of the molecule is CCC1(C(=O)NCCCCO)CCCC1. The predicted molar refractivity (Wildman–Crippen MR) is 60.5 cm³/mol. The molecular formula is C12H23NO2. The molecule has 0 saturated heterocycles. The number of amides is 1. The fourth-order valence-corrected chi connectivity index (χ4v) is 2.42. The van der Waals surface area contributed by atoms with E-state index in [4.69, 9.17) is 5.11 Å². The molecule has 0 atom stereocenters. The fraction of sp³-hybridized carbons (Fsp3) is 0.917. The lowest BCUT2D eigenvalue weighted by atomic mass is 9.82. The van der Waals surface area contributed by atoms with E-state index < -0.39 is 0 Å². The van der Waals surface area contributed by atoms with Gasteiger partial charge in [-0.1, -0.05) is 19.8 Å². The van der Waals surface area contributed by atoms with Crippen LogP contribution in [0.5, 0.6) is 0 Å². The summed E-state index contributed by atoms with van der Waals surface area (Å²) in [7, 11) is 0. The maximum absolute atomic E-state index is 12.0. The van der Waals surface area contributed by atoms with Crippen LogP contribution >= 0.6 is 0 Å². The number of carbonyl (C=O) groups is 1. The van der Waals surface area contributed by atoms with Crippen LogP contribution in [0.25, 0.3) is 0 Å². The molecule has 1 fully saturated rings. The Morgan fingerprint density at radius 1 is 1.33 bits per heavy atom. The molecule has 0 radical (unpaired) electrons. The Hall–Kier alpha value is -0.570. The number of hydrogen-bond donors (Lipinski definition) is 2. The Morgan fingerprint density at radius 3 is 2.53 bits per heavy atom. The highest BCUT2D eigenvalue weighted by Gasteiger charge is 2.38. The Morgan fingerprint density at radius 2 is 2.00 bits per heavy atom. The minimum atomic E-state index is -0.0702. The first-order valence-corrected chi connectivity index (χ1v) is 6.14. The summed E-state index contributed by atoms with van der Waals surface area (Å²) in [4.78, 5) is 12.0. The summed E-state index contributed by atoms with van der Waals surface area (Å²) in [6, 6.07) is 0. The lowest BCUT2D eigenvalue weighted by Gasteiger charge is -2.25. The van der Waals surface area contributed by atoms with E-state index in [1.165, 1.54) is 12.8 Å². The van der Waals surface area contributed by atoms with E-state index in [2.05, 4.69) is 12.2 Å². The topological polar surface area (TPSA) is 49.3 Å². The van der Waals surface area contributed by atoms with Crippen molar-refractivity contribution in [2.45, 2.75) is 51.9 Å². The standard InChI is InChI=1S/C12H23NO2/c1-2-12(7-3-4-8-12)11(15)13-9-5-6-10-14/h14H,2-10H2,1H3,(H,13,15). The molecule has 0 aliphatic heterocycles. The predicted octanol–water partition coefficient (Wildman–Crippen LogP) is 1.85. The minimum Gasteiger partial charge on any atom is -0.396 e. The van der Waals surface area contributed by atoms with Crippen LogP contribution in [0.2, 0.25) is 0 Å². The molecule has 0 aromatic rings. The van der Waals surface area contributed by atoms with E-state index in [1.54, 1.807) is 0 Å². The van der Waals surface area contributed by atoms with Gasteiger partial charge < -0.3 is 10.4 Å². The van der Waals surface area contributed by atoms with Gasteiger partial charge in [-0.3, -0.25) is 4.79 Å². The third-order valence-corrected chi connectivity index (χ3v) is 3.59. The monoisotopic (exact) mass is 213 g/mol. The molecule has 0 heterocycles. The van der Waals surface area contributed by atoms with Gasteiger partial charge in [0.15, 0.2) is 0 Å². The summed E-state index contributed by atoms with van der Waals surface area (Å²) in [6.45, 7) is 3.04. The zero-order chi connectivity index (χ0) is 11.1. The number of rotatable bonds is 6. The van der Waals surface area contributed by atoms with Crippen LogP contribution in [-0.2, 0) is 4.79 Å². The zero-order valence-corrected chi connectivity index (χ0v) is 9.72.